The zero-order valence-corrected chi connectivity index (χ0v) is 76.5. The van der Waals surface area contributed by atoms with E-state index in [-0.39, 0.29) is 202 Å². The molecule has 3 rings (SSSR count). The molecule has 3 aliphatic heterocycles. The van der Waals surface area contributed by atoms with Crippen LogP contribution in [0.3, 0.4) is 0 Å². The third kappa shape index (κ3) is 52.3. The van der Waals surface area contributed by atoms with Gasteiger partial charge in [-0.2, -0.15) is 0 Å². The molecule has 3 heterocycles. The van der Waals surface area contributed by atoms with E-state index < -0.39 is 135 Å². The van der Waals surface area contributed by atoms with E-state index in [9.17, 15) is 103 Å². The molecular formula is C88H156N10O30. The van der Waals surface area contributed by atoms with Gasteiger partial charge in [-0.05, 0) is 101 Å². The number of nitrogens with one attached hydrogen (secondary N) is 10. The summed E-state index contributed by atoms with van der Waals surface area (Å²) in [6.07, 6.45) is 5.42. The van der Waals surface area contributed by atoms with E-state index in [0.717, 1.165) is 77.0 Å². The van der Waals surface area contributed by atoms with Crippen molar-refractivity contribution in [2.75, 3.05) is 119 Å². The molecule has 0 aromatic rings. The molecule has 3 fully saturated rings. The summed E-state index contributed by atoms with van der Waals surface area (Å²) in [5, 5.41) is 119. The molecule has 128 heavy (non-hydrogen) atoms. The van der Waals surface area contributed by atoms with Gasteiger partial charge in [0.15, 0.2) is 18.9 Å². The largest absolute Gasteiger partial charge is 0.394 e. The first kappa shape index (κ1) is 115. The fraction of sp³-hybridized carbons (Fsp3) is 0.841. The maximum Gasteiger partial charge on any atom is 0.243 e. The number of unbranched alkanes of at least 4 members (excludes halogenated alkanes) is 15. The van der Waals surface area contributed by atoms with Gasteiger partial charge in [0.2, 0.25) is 59.1 Å². The summed E-state index contributed by atoms with van der Waals surface area (Å²) >= 11 is 0. The lowest BCUT2D eigenvalue weighted by Gasteiger charge is -2.42. The second kappa shape index (κ2) is 68.1. The highest BCUT2D eigenvalue weighted by Gasteiger charge is 2.48. The van der Waals surface area contributed by atoms with Crippen molar-refractivity contribution in [3.05, 3.63) is 12.2 Å². The Bertz CT molecular complexity index is 2970. The Hall–Kier alpha value is -6.94. The number of Topliss-reactive ketones (excluding diaryl/α,β-unsaturated/α-hetero) is 2. The number of aliphatic hydroxyl groups excluding tert-OH is 9. The summed E-state index contributed by atoms with van der Waals surface area (Å²) in [6, 6.07) is -3.28. The van der Waals surface area contributed by atoms with Crippen LogP contribution in [0, 0.1) is 5.41 Å². The number of carbonyl (C=O) groups is 12. The van der Waals surface area contributed by atoms with Crippen LogP contribution >= 0.6 is 0 Å². The van der Waals surface area contributed by atoms with Crippen LogP contribution in [0.4, 0.5) is 0 Å². The summed E-state index contributed by atoms with van der Waals surface area (Å²) in [6.45, 7) is 9.02. The number of hydrogen-bond acceptors (Lipinski definition) is 30. The molecule has 19 N–H and O–H groups in total. The minimum atomic E-state index is -1.46. The normalized spacial score (nSPS) is 22.8. The van der Waals surface area contributed by atoms with E-state index in [1.807, 2.05) is 26.8 Å². The van der Waals surface area contributed by atoms with Crippen molar-refractivity contribution >= 4 is 70.6 Å². The fourth-order valence-electron chi connectivity index (χ4n) is 14.2. The maximum absolute atomic E-state index is 14.1. The third-order valence-electron chi connectivity index (χ3n) is 21.5. The van der Waals surface area contributed by atoms with Crippen molar-refractivity contribution in [1.82, 2.24) is 53.2 Å². The Morgan fingerprint density at radius 1 is 0.312 bits per heavy atom. The molecule has 0 aliphatic carbocycles. The molecule has 0 bridgehead atoms. The van der Waals surface area contributed by atoms with Crippen LogP contribution in [-0.2, 0) is 100 Å². The lowest BCUT2D eigenvalue weighted by atomic mass is 9.96. The molecule has 0 aromatic heterocycles. The van der Waals surface area contributed by atoms with Crippen molar-refractivity contribution in [1.29, 1.82) is 0 Å². The van der Waals surface area contributed by atoms with E-state index in [1.165, 1.54) is 20.8 Å². The monoisotopic (exact) mass is 1830 g/mol. The molecule has 40 nitrogen and oxygen atoms in total. The molecule has 3 aliphatic rings. The molecule has 40 heteroatoms. The van der Waals surface area contributed by atoms with Gasteiger partial charge in [0, 0.05) is 144 Å². The van der Waals surface area contributed by atoms with Gasteiger partial charge < -0.3 is 142 Å². The van der Waals surface area contributed by atoms with Gasteiger partial charge in [0.1, 0.15) is 90.2 Å². The maximum atomic E-state index is 14.1. The van der Waals surface area contributed by atoms with Gasteiger partial charge in [-0.3, -0.25) is 57.5 Å². The van der Waals surface area contributed by atoms with Gasteiger partial charge in [0.25, 0.3) is 0 Å². The second-order valence-corrected chi connectivity index (χ2v) is 34.3. The quantitative estimate of drug-likeness (QED) is 0.0283. The van der Waals surface area contributed by atoms with Crippen molar-refractivity contribution in [3.63, 3.8) is 0 Å². The van der Waals surface area contributed by atoms with E-state index in [2.05, 4.69) is 53.2 Å². The van der Waals surface area contributed by atoms with Gasteiger partial charge in [0.05, 0.1) is 59.5 Å². The number of carbonyl (C=O) groups excluding carboxylic acids is 12. The molecule has 0 aromatic carbocycles. The summed E-state index contributed by atoms with van der Waals surface area (Å²) in [5.74, 6) is -3.21. The summed E-state index contributed by atoms with van der Waals surface area (Å²) < 4.78 is 52.4. The molecule has 10 amide bonds. The standard InChI is InChI=1S/C88H156N10O30/c1-60(102)95-75-81(117)78(114)65(54-99)126-84(75)123-48-25-20-33-64(106)32-19-24-43-90-71(110)38-51-120-57-88(98-74(113)36-18-14-10-8-7-9-12-16-30-63(105)31-17-13-11-15-23-42-89-70(109)37-41-87(4,5)6,58-121-52-39-72(111)93-46-28-44-91-68(107)34-21-26-49-124-85-76(96-61(2)103)82(118)79(115)66(55-100)127-85)59-122-53-40-73(112)94-47-29-45-92-69(108)35-22-27-50-125-86-77(97-62(3)104)83(119)80(116)67(56-101)128-86/h37,41,65-67,75-86,99-101,114-119H,7-36,38-40,42-59H2,1-6H3,(H,89,109)(H,90,110)(H,91,107)(H,92,108)(H,93,111)(H,94,112)(H,95,102)(H,96,103)(H,97,104)(H,98,113)/b41-37+/t65?,66?,67?,75?,76?,77?,78-,79-,80-,81+,82+,83+,84+,85+,86+,88?/m0/s1. The minimum Gasteiger partial charge on any atom is -0.394 e. The number of amides is 10. The molecule has 0 saturated carbocycles. The Morgan fingerprint density at radius 2 is 0.578 bits per heavy atom. The first-order valence-electron chi connectivity index (χ1n) is 46.1. The van der Waals surface area contributed by atoms with Crippen LogP contribution in [-0.4, -0.2) is 333 Å². The SMILES string of the molecule is CC(=O)NC1[C@H](OCCCCC(=O)CCCCNC(=O)CCOCC(COCCC(=O)NCCCNC(=O)CCCCO[C@@H]2OC(CO)[C@H](O)[C@H](O)C2NC(C)=O)(COCCC(=O)NCCCNC(=O)CCCCO[C@@H]2OC(CO)[C@H](O)[C@H](O)C2NC(C)=O)NC(=O)CCCCCCCCCCC(=O)CCCCCCCNC(=O)/C=C/C(C)(C)C)OC(CO)[C@H](O)[C@@H]1O. The van der Waals surface area contributed by atoms with Crippen LogP contribution in [0.25, 0.3) is 0 Å². The highest BCUT2D eigenvalue weighted by molar-refractivity contribution is 5.87. The van der Waals surface area contributed by atoms with Crippen molar-refractivity contribution in [2.45, 2.75) is 351 Å². The zero-order valence-electron chi connectivity index (χ0n) is 76.5. The summed E-state index contributed by atoms with van der Waals surface area (Å²) in [7, 11) is 0. The highest BCUT2D eigenvalue weighted by Crippen LogP contribution is 2.27. The average Bonchev–Trinajstić information content (AvgIpc) is 0.807. The molecule has 6 unspecified atom stereocenters. The third-order valence-corrected chi connectivity index (χ3v) is 21.5. The first-order valence-corrected chi connectivity index (χ1v) is 46.1. The van der Waals surface area contributed by atoms with E-state index in [4.69, 9.17) is 42.6 Å². The first-order chi connectivity index (χ1) is 61.2. The number of hydrogen-bond donors (Lipinski definition) is 19. The number of ether oxygens (including phenoxy) is 9. The Balaban J connectivity index is 1.59. The number of rotatable bonds is 73. The van der Waals surface area contributed by atoms with Gasteiger partial charge in [-0.1, -0.05) is 84.6 Å². The van der Waals surface area contributed by atoms with Crippen LogP contribution in [0.1, 0.15) is 253 Å². The average molecular weight is 1830 g/mol. The Labute approximate surface area is 753 Å². The van der Waals surface area contributed by atoms with E-state index in [1.54, 1.807) is 6.08 Å². The van der Waals surface area contributed by atoms with E-state index in [0.29, 0.717) is 90.0 Å². The smallest absolute Gasteiger partial charge is 0.243 e. The van der Waals surface area contributed by atoms with Crippen molar-refractivity contribution < 1.29 is 146 Å². The topological polar surface area (TPSA) is 590 Å². The summed E-state index contributed by atoms with van der Waals surface area (Å²) in [5.41, 5.74) is -1.48. The molecule has 3 saturated heterocycles. The molecule has 0 spiro atoms. The number of ketones is 2. The van der Waals surface area contributed by atoms with Crippen molar-refractivity contribution in [2.24, 2.45) is 5.41 Å². The highest BCUT2D eigenvalue weighted by atomic mass is 16.7. The number of allylic oxidation sites excluding steroid dienone is 1. The van der Waals surface area contributed by atoms with Crippen LogP contribution < -0.4 is 53.2 Å². The van der Waals surface area contributed by atoms with Gasteiger partial charge >= 0.3 is 0 Å². The lowest BCUT2D eigenvalue weighted by molar-refractivity contribution is -0.270. The van der Waals surface area contributed by atoms with Crippen LogP contribution in [0.5, 0.6) is 0 Å². The van der Waals surface area contributed by atoms with Gasteiger partial charge in [-0.25, -0.2) is 0 Å². The van der Waals surface area contributed by atoms with E-state index >= 15 is 0 Å². The van der Waals surface area contributed by atoms with Crippen LogP contribution in [0.15, 0.2) is 12.2 Å². The second-order valence-electron chi connectivity index (χ2n) is 34.3. The molecule has 15 atom stereocenters. The molecule has 0 radical (unpaired) electrons. The number of aliphatic hydroxyl groups is 9. The minimum absolute atomic E-state index is 0.00167. The molecular weight excluding hydrogens is 1680 g/mol. The van der Waals surface area contributed by atoms with Gasteiger partial charge in [-0.15, -0.1) is 0 Å². The predicted molar refractivity (Wildman–Crippen MR) is 466 cm³/mol. The molecule has 738 valence electrons. The Morgan fingerprint density at radius 3 is 0.906 bits per heavy atom. The zero-order chi connectivity index (χ0) is 94.5. The van der Waals surface area contributed by atoms with Crippen molar-refractivity contribution in [3.8, 4) is 0 Å². The fourth-order valence-corrected chi connectivity index (χ4v) is 14.2. The van der Waals surface area contributed by atoms with Crippen LogP contribution in [0.2, 0.25) is 0 Å². The summed E-state index contributed by atoms with van der Waals surface area (Å²) in [4.78, 5) is 152. The lowest BCUT2D eigenvalue weighted by Crippen LogP contribution is -2.64. The predicted octanol–water partition coefficient (Wildman–Crippen LogP) is 0.0831. The Kier molecular flexibility index (Phi) is 61.3.